The van der Waals surface area contributed by atoms with E-state index < -0.39 is 10.0 Å². The van der Waals surface area contributed by atoms with Crippen molar-refractivity contribution in [3.63, 3.8) is 0 Å². The van der Waals surface area contributed by atoms with Crippen molar-refractivity contribution in [2.45, 2.75) is 37.6 Å². The molecule has 6 nitrogen and oxygen atoms in total. The molecule has 3 rings (SSSR count). The molecule has 1 N–H and O–H groups in total. The Morgan fingerprint density at radius 2 is 1.70 bits per heavy atom. The summed E-state index contributed by atoms with van der Waals surface area (Å²) in [5.74, 6) is 0.457. The second-order valence-electron chi connectivity index (χ2n) is 8.12. The van der Waals surface area contributed by atoms with Crippen LogP contribution < -0.4 is 10.2 Å². The molecular formula is C23H31N3O3S. The summed E-state index contributed by atoms with van der Waals surface area (Å²) < 4.78 is 26.2. The molecule has 0 spiro atoms. The number of nitrogens with one attached hydrogen (secondary N) is 1. The summed E-state index contributed by atoms with van der Waals surface area (Å²) in [6.45, 7) is 6.13. The maximum Gasteiger partial charge on any atom is 0.243 e. The lowest BCUT2D eigenvalue weighted by Crippen LogP contribution is -2.39. The van der Waals surface area contributed by atoms with Gasteiger partial charge in [-0.15, -0.1) is 0 Å². The van der Waals surface area contributed by atoms with Crippen molar-refractivity contribution in [3.05, 3.63) is 60.2 Å². The number of carbonyl (C=O) groups is 1. The van der Waals surface area contributed by atoms with Crippen LogP contribution in [0.5, 0.6) is 0 Å². The van der Waals surface area contributed by atoms with Crippen LogP contribution in [0.25, 0.3) is 0 Å². The molecule has 1 aliphatic rings. The number of carbonyl (C=O) groups excluding carboxylic acids is 1. The van der Waals surface area contributed by atoms with Gasteiger partial charge in [-0.2, -0.15) is 4.31 Å². The van der Waals surface area contributed by atoms with Crippen molar-refractivity contribution >= 4 is 21.6 Å². The van der Waals surface area contributed by atoms with Crippen LogP contribution in [0.15, 0.2) is 59.5 Å². The van der Waals surface area contributed by atoms with Crippen molar-refractivity contribution < 1.29 is 13.2 Å². The molecule has 1 saturated heterocycles. The molecule has 0 saturated carbocycles. The van der Waals surface area contributed by atoms with E-state index in [-0.39, 0.29) is 23.4 Å². The van der Waals surface area contributed by atoms with Gasteiger partial charge in [0.2, 0.25) is 15.9 Å². The Morgan fingerprint density at radius 1 is 1.10 bits per heavy atom. The first-order valence-corrected chi connectivity index (χ1v) is 11.9. The molecule has 1 amide bonds. The third-order valence-corrected chi connectivity index (χ3v) is 7.55. The topological polar surface area (TPSA) is 69.7 Å². The number of rotatable bonds is 7. The van der Waals surface area contributed by atoms with Crippen LogP contribution in [0.3, 0.4) is 0 Å². The summed E-state index contributed by atoms with van der Waals surface area (Å²) in [6.07, 6.45) is 2.43. The average molecular weight is 430 g/mol. The number of sulfonamides is 1. The summed E-state index contributed by atoms with van der Waals surface area (Å²) in [4.78, 5) is 15.0. The fraction of sp³-hybridized carbons (Fsp3) is 0.435. The predicted molar refractivity (Wildman–Crippen MR) is 120 cm³/mol. The van der Waals surface area contributed by atoms with Crippen molar-refractivity contribution in [1.82, 2.24) is 9.62 Å². The lowest BCUT2D eigenvalue weighted by Gasteiger charge is -2.32. The molecule has 2 aromatic rings. The molecule has 0 aliphatic carbocycles. The Kier molecular flexibility index (Phi) is 7.15. The fourth-order valence-corrected chi connectivity index (χ4v) is 4.82. The molecule has 162 valence electrons. The molecule has 0 aromatic heterocycles. The maximum absolute atomic E-state index is 12.6. The summed E-state index contributed by atoms with van der Waals surface area (Å²) in [7, 11) is -2.27. The highest BCUT2D eigenvalue weighted by Gasteiger charge is 2.23. The maximum atomic E-state index is 12.6. The molecule has 30 heavy (non-hydrogen) atoms. The first-order chi connectivity index (χ1) is 14.3. The summed E-state index contributed by atoms with van der Waals surface area (Å²) in [5.41, 5.74) is 2.20. The zero-order valence-corrected chi connectivity index (χ0v) is 18.7. The van der Waals surface area contributed by atoms with Crippen LogP contribution in [0.4, 0.5) is 5.69 Å². The zero-order valence-electron chi connectivity index (χ0n) is 17.9. The van der Waals surface area contributed by atoms with Gasteiger partial charge in [0.15, 0.2) is 0 Å². The Hall–Kier alpha value is -2.38. The van der Waals surface area contributed by atoms with E-state index in [1.807, 2.05) is 19.1 Å². The van der Waals surface area contributed by atoms with E-state index >= 15 is 0 Å². The molecule has 1 atom stereocenters. The van der Waals surface area contributed by atoms with Crippen LogP contribution in [0.1, 0.15) is 38.3 Å². The van der Waals surface area contributed by atoms with Gasteiger partial charge in [0, 0.05) is 25.8 Å². The number of likely N-dealkylation sites (N-methyl/N-ethyl adjacent to an activating group) is 1. The quantitative estimate of drug-likeness (QED) is 0.732. The predicted octanol–water partition coefficient (Wildman–Crippen LogP) is 3.42. The summed E-state index contributed by atoms with van der Waals surface area (Å²) >= 11 is 0. The van der Waals surface area contributed by atoms with E-state index in [1.54, 1.807) is 18.2 Å². The highest BCUT2D eigenvalue weighted by molar-refractivity contribution is 7.89. The molecule has 1 fully saturated rings. The van der Waals surface area contributed by atoms with Crippen LogP contribution in [0, 0.1) is 5.92 Å². The third-order valence-electron chi connectivity index (χ3n) is 5.74. The van der Waals surface area contributed by atoms with Crippen molar-refractivity contribution in [3.8, 4) is 0 Å². The Balaban J connectivity index is 1.56. The highest BCUT2D eigenvalue weighted by Crippen LogP contribution is 2.24. The second kappa shape index (κ2) is 9.62. The van der Waals surface area contributed by atoms with Gasteiger partial charge in [0.05, 0.1) is 17.5 Å². The summed E-state index contributed by atoms with van der Waals surface area (Å²) in [6, 6.07) is 16.2. The third kappa shape index (κ3) is 5.40. The molecule has 1 aliphatic heterocycles. The number of anilines is 1. The summed E-state index contributed by atoms with van der Waals surface area (Å²) in [5, 5.41) is 2.90. The van der Waals surface area contributed by atoms with Gasteiger partial charge in [-0.3, -0.25) is 4.79 Å². The molecule has 0 bridgehead atoms. The minimum Gasteiger partial charge on any atom is -0.372 e. The van der Waals surface area contributed by atoms with E-state index in [9.17, 15) is 13.2 Å². The van der Waals surface area contributed by atoms with Gasteiger partial charge in [0.1, 0.15) is 0 Å². The molecule has 7 heteroatoms. The van der Waals surface area contributed by atoms with Gasteiger partial charge in [-0.25, -0.2) is 8.42 Å². The highest BCUT2D eigenvalue weighted by atomic mass is 32.2. The second-order valence-corrected chi connectivity index (χ2v) is 10.2. The van der Waals surface area contributed by atoms with E-state index in [4.69, 9.17) is 0 Å². The van der Waals surface area contributed by atoms with Crippen LogP contribution in [-0.2, 0) is 14.8 Å². The van der Waals surface area contributed by atoms with Gasteiger partial charge < -0.3 is 10.2 Å². The number of hydrogen-bond acceptors (Lipinski definition) is 4. The molecule has 0 radical (unpaired) electrons. The number of benzene rings is 2. The number of piperidine rings is 1. The normalized spacial score (nSPS) is 16.5. The lowest BCUT2D eigenvalue weighted by molar-refractivity contribution is -0.121. The van der Waals surface area contributed by atoms with Crippen LogP contribution in [-0.4, -0.2) is 45.3 Å². The molecular weight excluding hydrogens is 398 g/mol. The number of amides is 1. The Bertz CT molecular complexity index is 937. The fourth-order valence-electron chi connectivity index (χ4n) is 3.67. The van der Waals surface area contributed by atoms with E-state index in [0.717, 1.165) is 28.9 Å². The van der Waals surface area contributed by atoms with Gasteiger partial charge in [0.25, 0.3) is 0 Å². The standard InChI is InChI=1S/C23H31N3O3S/c1-18-13-15-26(16-14-18)21-11-9-20(10-12-21)19(2)24-23(27)17-25(3)30(28,29)22-7-5-4-6-8-22/h4-12,18-19H,13-17H2,1-3H3,(H,24,27)/t19-/m0/s1. The smallest absolute Gasteiger partial charge is 0.243 e. The van der Waals surface area contributed by atoms with Crippen molar-refractivity contribution in [2.75, 3.05) is 31.6 Å². The Morgan fingerprint density at radius 3 is 2.30 bits per heavy atom. The minimum atomic E-state index is -3.69. The number of nitrogens with zero attached hydrogens (tertiary/aromatic N) is 2. The molecule has 0 unspecified atom stereocenters. The molecule has 2 aromatic carbocycles. The van der Waals surface area contributed by atoms with Gasteiger partial charge in [-0.1, -0.05) is 37.3 Å². The van der Waals surface area contributed by atoms with Crippen LogP contribution >= 0.6 is 0 Å². The van der Waals surface area contributed by atoms with Crippen molar-refractivity contribution in [2.24, 2.45) is 5.92 Å². The van der Waals surface area contributed by atoms with Crippen molar-refractivity contribution in [1.29, 1.82) is 0 Å². The first kappa shape index (κ1) is 22.3. The zero-order chi connectivity index (χ0) is 21.7. The Labute approximate surface area is 179 Å². The monoisotopic (exact) mass is 429 g/mol. The lowest BCUT2D eigenvalue weighted by atomic mass is 9.98. The first-order valence-electron chi connectivity index (χ1n) is 10.4. The number of hydrogen-bond donors (Lipinski definition) is 1. The van der Waals surface area contributed by atoms with E-state index in [1.165, 1.54) is 37.7 Å². The minimum absolute atomic E-state index is 0.177. The largest absolute Gasteiger partial charge is 0.372 e. The van der Waals surface area contributed by atoms with E-state index in [2.05, 4.69) is 29.3 Å². The van der Waals surface area contributed by atoms with Crippen LogP contribution in [0.2, 0.25) is 0 Å². The van der Waals surface area contributed by atoms with Gasteiger partial charge >= 0.3 is 0 Å². The van der Waals surface area contributed by atoms with Gasteiger partial charge in [-0.05, 0) is 55.5 Å². The van der Waals surface area contributed by atoms with E-state index in [0.29, 0.717) is 0 Å². The SMILES string of the molecule is CC1CCN(c2ccc([C@H](C)NC(=O)CN(C)S(=O)(=O)c3ccccc3)cc2)CC1. The molecule has 1 heterocycles. The average Bonchev–Trinajstić information content (AvgIpc) is 2.75.